The Kier molecular flexibility index (Phi) is 5.00. The van der Waals surface area contributed by atoms with Crippen molar-refractivity contribution < 1.29 is 10.2 Å². The smallest absolute Gasteiger partial charge is 0.0651 e. The molecule has 2 heteroatoms. The number of aliphatic hydroxyl groups excluding tert-OH is 1. The first-order valence-electron chi connectivity index (χ1n) is 7.59. The minimum absolute atomic E-state index is 0.241. The van der Waals surface area contributed by atoms with Gasteiger partial charge in [0.05, 0.1) is 11.7 Å². The molecule has 1 aromatic carbocycles. The van der Waals surface area contributed by atoms with Crippen LogP contribution in [0.2, 0.25) is 0 Å². The molecule has 1 aromatic rings. The zero-order valence-corrected chi connectivity index (χ0v) is 11.9. The number of hydrogen-bond acceptors (Lipinski definition) is 2. The third kappa shape index (κ3) is 4.32. The molecule has 0 amide bonds. The van der Waals surface area contributed by atoms with E-state index in [2.05, 4.69) is 24.3 Å². The predicted octanol–water partition coefficient (Wildman–Crippen LogP) is 3.24. The van der Waals surface area contributed by atoms with E-state index >= 15 is 0 Å². The van der Waals surface area contributed by atoms with Crippen molar-refractivity contribution in [3.63, 3.8) is 0 Å². The summed E-state index contributed by atoms with van der Waals surface area (Å²) in [5, 5.41) is 20.1. The molecule has 1 unspecified atom stereocenters. The molecule has 2 N–H and O–H groups in total. The third-order valence-electron chi connectivity index (χ3n) is 4.35. The molecule has 1 fully saturated rings. The lowest BCUT2D eigenvalue weighted by Gasteiger charge is -2.22. The van der Waals surface area contributed by atoms with Crippen LogP contribution in [0, 0.1) is 0 Å². The molecular formula is C17H26O2. The largest absolute Gasteiger partial charge is 0.393 e. The average molecular weight is 262 g/mol. The van der Waals surface area contributed by atoms with Gasteiger partial charge in [0, 0.05) is 0 Å². The van der Waals surface area contributed by atoms with Crippen LogP contribution >= 0.6 is 0 Å². The second kappa shape index (κ2) is 6.53. The van der Waals surface area contributed by atoms with Crippen LogP contribution in [0.3, 0.4) is 0 Å². The van der Waals surface area contributed by atoms with Crippen LogP contribution in [-0.4, -0.2) is 21.9 Å². The number of aliphatic hydroxyl groups is 2. The first-order valence-corrected chi connectivity index (χ1v) is 7.59. The van der Waals surface area contributed by atoms with Crippen molar-refractivity contribution in [1.29, 1.82) is 0 Å². The van der Waals surface area contributed by atoms with Gasteiger partial charge in [0.25, 0.3) is 0 Å². The fraction of sp³-hybridized carbons (Fsp3) is 0.647. The SMILES string of the molecule is CCC(O)Cc1cccc(CCC2(O)CCCC2)c1. The zero-order chi connectivity index (χ0) is 13.7. The highest BCUT2D eigenvalue weighted by molar-refractivity contribution is 5.24. The summed E-state index contributed by atoms with van der Waals surface area (Å²) in [5.41, 5.74) is 2.06. The molecule has 106 valence electrons. The quantitative estimate of drug-likeness (QED) is 0.826. The van der Waals surface area contributed by atoms with Gasteiger partial charge in [-0.15, -0.1) is 0 Å². The van der Waals surface area contributed by atoms with Gasteiger partial charge < -0.3 is 10.2 Å². The lowest BCUT2D eigenvalue weighted by atomic mass is 9.92. The fourth-order valence-corrected chi connectivity index (χ4v) is 2.99. The lowest BCUT2D eigenvalue weighted by molar-refractivity contribution is 0.0391. The van der Waals surface area contributed by atoms with Crippen molar-refractivity contribution >= 4 is 0 Å². The van der Waals surface area contributed by atoms with Crippen LogP contribution in [0.1, 0.15) is 56.6 Å². The van der Waals surface area contributed by atoms with Gasteiger partial charge >= 0.3 is 0 Å². The van der Waals surface area contributed by atoms with Crippen molar-refractivity contribution in [2.24, 2.45) is 0 Å². The van der Waals surface area contributed by atoms with Gasteiger partial charge in [-0.2, -0.15) is 0 Å². The molecule has 0 aromatic heterocycles. The Morgan fingerprint density at radius 2 is 1.89 bits per heavy atom. The van der Waals surface area contributed by atoms with E-state index in [0.29, 0.717) is 0 Å². The maximum absolute atomic E-state index is 10.4. The molecule has 2 rings (SSSR count). The van der Waals surface area contributed by atoms with Crippen molar-refractivity contribution in [2.45, 2.75) is 70.0 Å². The Balaban J connectivity index is 1.91. The second-order valence-corrected chi connectivity index (χ2v) is 6.02. The van der Waals surface area contributed by atoms with Gasteiger partial charge in [-0.05, 0) is 49.7 Å². The molecule has 0 saturated heterocycles. The second-order valence-electron chi connectivity index (χ2n) is 6.02. The molecular weight excluding hydrogens is 236 g/mol. The van der Waals surface area contributed by atoms with E-state index in [4.69, 9.17) is 0 Å². The fourth-order valence-electron chi connectivity index (χ4n) is 2.99. The molecule has 0 aliphatic heterocycles. The summed E-state index contributed by atoms with van der Waals surface area (Å²) in [6.07, 6.45) is 7.34. The maximum Gasteiger partial charge on any atom is 0.0651 e. The zero-order valence-electron chi connectivity index (χ0n) is 11.9. The molecule has 19 heavy (non-hydrogen) atoms. The van der Waals surface area contributed by atoms with Crippen LogP contribution in [0.25, 0.3) is 0 Å². The first-order chi connectivity index (χ1) is 9.11. The standard InChI is InChI=1S/C17H26O2/c1-2-16(18)13-15-7-5-6-14(12-15)8-11-17(19)9-3-4-10-17/h5-7,12,16,18-19H,2-4,8-11,13H2,1H3. The first kappa shape index (κ1) is 14.5. The Morgan fingerprint density at radius 3 is 2.58 bits per heavy atom. The molecule has 0 spiro atoms. The van der Waals surface area contributed by atoms with Gasteiger partial charge in [-0.3, -0.25) is 0 Å². The monoisotopic (exact) mass is 262 g/mol. The van der Waals surface area contributed by atoms with Gasteiger partial charge in [0.15, 0.2) is 0 Å². The highest BCUT2D eigenvalue weighted by Gasteiger charge is 2.30. The summed E-state index contributed by atoms with van der Waals surface area (Å²) < 4.78 is 0. The molecule has 0 bridgehead atoms. The Labute approximate surface area is 116 Å². The summed E-state index contributed by atoms with van der Waals surface area (Å²) in [5.74, 6) is 0. The van der Waals surface area contributed by atoms with E-state index < -0.39 is 5.60 Å². The summed E-state index contributed by atoms with van der Waals surface area (Å²) in [6, 6.07) is 8.44. The van der Waals surface area contributed by atoms with Crippen LogP contribution in [0.5, 0.6) is 0 Å². The van der Waals surface area contributed by atoms with E-state index in [1.165, 1.54) is 24.0 Å². The molecule has 1 atom stereocenters. The molecule has 1 aliphatic rings. The average Bonchev–Trinajstić information content (AvgIpc) is 2.84. The van der Waals surface area contributed by atoms with Crippen LogP contribution in [0.15, 0.2) is 24.3 Å². The topological polar surface area (TPSA) is 40.5 Å². The van der Waals surface area contributed by atoms with E-state index in [1.807, 2.05) is 6.92 Å². The molecule has 2 nitrogen and oxygen atoms in total. The van der Waals surface area contributed by atoms with Crippen LogP contribution in [-0.2, 0) is 12.8 Å². The normalized spacial score (nSPS) is 19.5. The molecule has 1 saturated carbocycles. The third-order valence-corrected chi connectivity index (χ3v) is 4.35. The summed E-state index contributed by atoms with van der Waals surface area (Å²) in [4.78, 5) is 0. The molecule has 0 heterocycles. The van der Waals surface area contributed by atoms with Crippen LogP contribution < -0.4 is 0 Å². The number of hydrogen-bond donors (Lipinski definition) is 2. The number of rotatable bonds is 6. The number of benzene rings is 1. The highest BCUT2D eigenvalue weighted by Crippen LogP contribution is 2.33. The summed E-state index contributed by atoms with van der Waals surface area (Å²) in [6.45, 7) is 2.00. The lowest BCUT2D eigenvalue weighted by Crippen LogP contribution is -2.24. The Bertz CT molecular complexity index is 394. The minimum Gasteiger partial charge on any atom is -0.393 e. The highest BCUT2D eigenvalue weighted by atomic mass is 16.3. The van der Waals surface area contributed by atoms with Crippen molar-refractivity contribution in [3.8, 4) is 0 Å². The Morgan fingerprint density at radius 1 is 1.21 bits per heavy atom. The number of aryl methyl sites for hydroxylation is 1. The van der Waals surface area contributed by atoms with E-state index in [1.54, 1.807) is 0 Å². The van der Waals surface area contributed by atoms with Gasteiger partial charge in [-0.25, -0.2) is 0 Å². The van der Waals surface area contributed by atoms with Crippen LogP contribution in [0.4, 0.5) is 0 Å². The van der Waals surface area contributed by atoms with E-state index in [-0.39, 0.29) is 6.10 Å². The van der Waals surface area contributed by atoms with Crippen molar-refractivity contribution in [1.82, 2.24) is 0 Å². The van der Waals surface area contributed by atoms with Gasteiger partial charge in [0.1, 0.15) is 0 Å². The van der Waals surface area contributed by atoms with Crippen molar-refractivity contribution in [3.05, 3.63) is 35.4 Å². The maximum atomic E-state index is 10.4. The van der Waals surface area contributed by atoms with Gasteiger partial charge in [0.2, 0.25) is 0 Å². The molecule has 1 aliphatic carbocycles. The minimum atomic E-state index is -0.418. The summed E-state index contributed by atoms with van der Waals surface area (Å²) >= 11 is 0. The van der Waals surface area contributed by atoms with E-state index in [9.17, 15) is 10.2 Å². The van der Waals surface area contributed by atoms with E-state index in [0.717, 1.165) is 38.5 Å². The van der Waals surface area contributed by atoms with Crippen molar-refractivity contribution in [2.75, 3.05) is 0 Å². The molecule has 0 radical (unpaired) electrons. The Hall–Kier alpha value is -0.860. The van der Waals surface area contributed by atoms with Gasteiger partial charge in [-0.1, -0.05) is 44.0 Å². The summed E-state index contributed by atoms with van der Waals surface area (Å²) in [7, 11) is 0. The predicted molar refractivity (Wildman–Crippen MR) is 78.2 cm³/mol.